The Balaban J connectivity index is 1.96. The van der Waals surface area contributed by atoms with Gasteiger partial charge >= 0.3 is 0 Å². The lowest BCUT2D eigenvalue weighted by molar-refractivity contribution is 0.406. The fourth-order valence-corrected chi connectivity index (χ4v) is 3.33. The molecule has 0 fully saturated rings. The smallest absolute Gasteiger partial charge is 0.295 e. The van der Waals surface area contributed by atoms with Crippen molar-refractivity contribution < 1.29 is 0 Å². The van der Waals surface area contributed by atoms with Gasteiger partial charge in [-0.25, -0.2) is 19.9 Å². The molecule has 28 heavy (non-hydrogen) atoms. The molecule has 3 rings (SSSR count). The summed E-state index contributed by atoms with van der Waals surface area (Å²) in [5.41, 5.74) is 0.658. The summed E-state index contributed by atoms with van der Waals surface area (Å²) < 4.78 is 1.62. The van der Waals surface area contributed by atoms with Gasteiger partial charge in [-0.15, -0.1) is 11.8 Å². The molecule has 0 radical (unpaired) electrons. The first-order chi connectivity index (χ1) is 13.4. The highest BCUT2D eigenvalue weighted by molar-refractivity contribution is 7.99. The Morgan fingerprint density at radius 3 is 2.50 bits per heavy atom. The van der Waals surface area contributed by atoms with Crippen LogP contribution in [0.15, 0.2) is 28.3 Å². The van der Waals surface area contributed by atoms with Crippen molar-refractivity contribution in [2.24, 2.45) is 5.92 Å². The Morgan fingerprint density at radius 2 is 1.86 bits per heavy atom. The van der Waals surface area contributed by atoms with Crippen LogP contribution in [0, 0.1) is 5.92 Å². The maximum absolute atomic E-state index is 13.1. The summed E-state index contributed by atoms with van der Waals surface area (Å²) in [5, 5.41) is 3.14. The number of anilines is 1. The van der Waals surface area contributed by atoms with E-state index in [4.69, 9.17) is 11.6 Å². The van der Waals surface area contributed by atoms with Crippen LogP contribution in [0.4, 0.5) is 5.82 Å². The summed E-state index contributed by atoms with van der Waals surface area (Å²) in [6.07, 6.45) is 5.08. The van der Waals surface area contributed by atoms with Gasteiger partial charge in [0.15, 0.2) is 11.5 Å². The van der Waals surface area contributed by atoms with Gasteiger partial charge in [0.25, 0.3) is 5.56 Å². The molecule has 3 aromatic rings. The molecule has 0 aromatic carbocycles. The topological polar surface area (TPSA) is 98.5 Å². The Labute approximate surface area is 172 Å². The number of rotatable bonds is 7. The van der Waals surface area contributed by atoms with Gasteiger partial charge in [0.05, 0.1) is 12.7 Å². The Bertz CT molecular complexity index is 1020. The van der Waals surface area contributed by atoms with Crippen molar-refractivity contribution in [3.63, 3.8) is 0 Å². The minimum atomic E-state index is -0.262. The number of thioether (sulfide) groups is 1. The summed E-state index contributed by atoms with van der Waals surface area (Å²) in [4.78, 5) is 35.4. The molecule has 0 aliphatic heterocycles. The Morgan fingerprint density at radius 1 is 1.14 bits per heavy atom. The second kappa shape index (κ2) is 8.83. The highest BCUT2D eigenvalue weighted by Gasteiger charge is 2.19. The van der Waals surface area contributed by atoms with Crippen molar-refractivity contribution >= 4 is 40.3 Å². The lowest BCUT2D eigenvalue weighted by Crippen LogP contribution is -2.30. The molecule has 3 heterocycles. The zero-order chi connectivity index (χ0) is 20.3. The maximum atomic E-state index is 13.1. The number of nitrogens with zero attached hydrogens (tertiary/aromatic N) is 6. The second-order valence-electron chi connectivity index (χ2n) is 6.59. The van der Waals surface area contributed by atoms with E-state index in [2.05, 4.69) is 37.2 Å². The minimum absolute atomic E-state index is 0.0811. The molecule has 0 aliphatic rings. The fourth-order valence-electron chi connectivity index (χ4n) is 2.61. The van der Waals surface area contributed by atoms with Crippen LogP contribution in [-0.2, 0) is 6.54 Å². The second-order valence-corrected chi connectivity index (χ2v) is 8.27. The van der Waals surface area contributed by atoms with Crippen molar-refractivity contribution in [2.75, 3.05) is 11.1 Å². The van der Waals surface area contributed by atoms with E-state index in [-0.39, 0.29) is 35.2 Å². The minimum Gasteiger partial charge on any atom is -0.358 e. The molecule has 8 nitrogen and oxygen atoms in total. The summed E-state index contributed by atoms with van der Waals surface area (Å²) in [6, 6.07) is -0.0916. The highest BCUT2D eigenvalue weighted by Crippen LogP contribution is 2.21. The maximum Gasteiger partial charge on any atom is 0.295 e. The van der Waals surface area contributed by atoms with E-state index in [0.717, 1.165) is 10.6 Å². The fraction of sp³-hybridized carbons (Fsp3) is 0.444. The van der Waals surface area contributed by atoms with Gasteiger partial charge in [0, 0.05) is 23.3 Å². The molecule has 3 aromatic heterocycles. The van der Waals surface area contributed by atoms with Crippen molar-refractivity contribution in [2.45, 2.75) is 45.2 Å². The molecule has 0 bridgehead atoms. The summed E-state index contributed by atoms with van der Waals surface area (Å²) in [7, 11) is 0. The lowest BCUT2D eigenvalue weighted by atomic mass is 10.1. The van der Waals surface area contributed by atoms with Gasteiger partial charge in [0.1, 0.15) is 11.3 Å². The molecule has 0 saturated heterocycles. The number of hydrogen-bond acceptors (Lipinski definition) is 8. The van der Waals surface area contributed by atoms with Crippen molar-refractivity contribution in [3.8, 4) is 0 Å². The third-order valence-electron chi connectivity index (χ3n) is 4.38. The zero-order valence-electron chi connectivity index (χ0n) is 16.2. The molecule has 0 aliphatic carbocycles. The number of halogens is 1. The predicted octanol–water partition coefficient (Wildman–Crippen LogP) is 3.57. The Kier molecular flexibility index (Phi) is 6.46. The lowest BCUT2D eigenvalue weighted by Gasteiger charge is -2.21. The average molecular weight is 420 g/mol. The summed E-state index contributed by atoms with van der Waals surface area (Å²) >= 11 is 7.62. The van der Waals surface area contributed by atoms with Crippen LogP contribution in [0.25, 0.3) is 11.2 Å². The van der Waals surface area contributed by atoms with Gasteiger partial charge in [-0.3, -0.25) is 9.36 Å². The van der Waals surface area contributed by atoms with Crippen LogP contribution in [0.3, 0.4) is 0 Å². The molecule has 1 N–H and O–H groups in total. The molecule has 10 heteroatoms. The van der Waals surface area contributed by atoms with Gasteiger partial charge in [-0.1, -0.05) is 20.8 Å². The number of fused-ring (bicyclic) bond motifs is 1. The summed E-state index contributed by atoms with van der Waals surface area (Å²) in [5.74, 6) is 1.97. The van der Waals surface area contributed by atoms with E-state index >= 15 is 0 Å². The first-order valence-electron chi connectivity index (χ1n) is 9.03. The zero-order valence-corrected chi connectivity index (χ0v) is 17.8. The third kappa shape index (κ3) is 4.41. The largest absolute Gasteiger partial charge is 0.358 e. The number of aromatic nitrogens is 6. The Hall–Kier alpha value is -2.26. The van der Waals surface area contributed by atoms with Crippen LogP contribution in [0.2, 0.25) is 5.28 Å². The molecule has 1 atom stereocenters. The molecule has 0 saturated carbocycles. The first-order valence-corrected chi connectivity index (χ1v) is 10.4. The van der Waals surface area contributed by atoms with Crippen LogP contribution < -0.4 is 10.9 Å². The van der Waals surface area contributed by atoms with E-state index < -0.39 is 0 Å². The molecule has 0 amide bonds. The van der Waals surface area contributed by atoms with Crippen molar-refractivity contribution in [1.82, 2.24) is 29.5 Å². The molecule has 0 spiro atoms. The molecule has 148 valence electrons. The quantitative estimate of drug-likeness (QED) is 0.458. The third-order valence-corrected chi connectivity index (χ3v) is 5.40. The van der Waals surface area contributed by atoms with E-state index in [1.165, 1.54) is 6.20 Å². The first kappa shape index (κ1) is 20.5. The van der Waals surface area contributed by atoms with Gasteiger partial charge in [-0.05, 0) is 30.2 Å². The highest BCUT2D eigenvalue weighted by atomic mass is 35.5. The van der Waals surface area contributed by atoms with Gasteiger partial charge in [-0.2, -0.15) is 4.98 Å². The number of hydrogen-bond donors (Lipinski definition) is 1. The average Bonchev–Trinajstić information content (AvgIpc) is 2.67. The van der Waals surface area contributed by atoms with Crippen LogP contribution in [-0.4, -0.2) is 35.2 Å². The molecular formula is C18H22ClN7OS. The number of nitrogens with one attached hydrogen (secondary N) is 1. The molecule has 1 unspecified atom stereocenters. The van der Waals surface area contributed by atoms with E-state index in [0.29, 0.717) is 17.0 Å². The van der Waals surface area contributed by atoms with E-state index in [1.807, 2.05) is 20.8 Å². The van der Waals surface area contributed by atoms with Crippen molar-refractivity contribution in [1.29, 1.82) is 0 Å². The summed E-state index contributed by atoms with van der Waals surface area (Å²) in [6.45, 7) is 8.42. The SMILES string of the molecule is CCSc1cnc(CNc2nc3cnc(Cl)nc3n(C(C)C(C)C)c2=O)nc1. The standard InChI is InChI=1S/C18H22ClN7OS/c1-5-28-12-6-20-14(21-7-12)9-22-15-17(27)26(11(4)10(2)3)16-13(24-15)8-23-18(19)25-16/h6-8,10-11H,5,9H2,1-4H3,(H,22,24). The van der Waals surface area contributed by atoms with E-state index in [9.17, 15) is 4.79 Å². The normalized spacial score (nSPS) is 12.5. The molecular weight excluding hydrogens is 398 g/mol. The van der Waals surface area contributed by atoms with Crippen LogP contribution in [0.1, 0.15) is 39.6 Å². The van der Waals surface area contributed by atoms with Crippen LogP contribution >= 0.6 is 23.4 Å². The van der Waals surface area contributed by atoms with Gasteiger partial charge < -0.3 is 5.32 Å². The van der Waals surface area contributed by atoms with Crippen molar-refractivity contribution in [3.05, 3.63) is 40.1 Å². The van der Waals surface area contributed by atoms with Gasteiger partial charge in [0.2, 0.25) is 5.28 Å². The van der Waals surface area contributed by atoms with Crippen LogP contribution in [0.5, 0.6) is 0 Å². The monoisotopic (exact) mass is 419 g/mol. The predicted molar refractivity (Wildman–Crippen MR) is 112 cm³/mol. The van der Waals surface area contributed by atoms with E-state index in [1.54, 1.807) is 28.7 Å².